The van der Waals surface area contributed by atoms with Gasteiger partial charge in [0.15, 0.2) is 5.82 Å². The quantitative estimate of drug-likeness (QED) is 0.809. The van der Waals surface area contributed by atoms with Gasteiger partial charge in [0.1, 0.15) is 0 Å². The molecule has 0 amide bonds. The first-order chi connectivity index (χ1) is 10.2. The summed E-state index contributed by atoms with van der Waals surface area (Å²) in [4.78, 5) is 6.48. The third-order valence-electron chi connectivity index (χ3n) is 3.33. The predicted molar refractivity (Wildman–Crippen MR) is 82.1 cm³/mol. The summed E-state index contributed by atoms with van der Waals surface area (Å²) in [5.41, 5.74) is 1.05. The van der Waals surface area contributed by atoms with Crippen LogP contribution in [0.25, 0.3) is 0 Å². The van der Waals surface area contributed by atoms with Crippen LogP contribution in [-0.4, -0.2) is 27.9 Å². The number of aliphatic hydroxyl groups excluding tert-OH is 1. The van der Waals surface area contributed by atoms with Crippen LogP contribution in [0, 0.1) is 0 Å². The van der Waals surface area contributed by atoms with Gasteiger partial charge in [-0.3, -0.25) is 0 Å². The number of aryl methyl sites for hydroxylation is 1. The van der Waals surface area contributed by atoms with E-state index < -0.39 is 0 Å². The second kappa shape index (κ2) is 7.78. The Morgan fingerprint density at radius 2 is 2.00 bits per heavy atom. The van der Waals surface area contributed by atoms with Crippen molar-refractivity contribution in [3.05, 3.63) is 42.0 Å². The molecule has 0 fully saturated rings. The molecule has 2 aromatic rings. The van der Waals surface area contributed by atoms with E-state index in [1.54, 1.807) is 0 Å². The molecule has 0 radical (unpaired) electrons. The third kappa shape index (κ3) is 4.56. The summed E-state index contributed by atoms with van der Waals surface area (Å²) >= 11 is 0. The summed E-state index contributed by atoms with van der Waals surface area (Å²) in [6.07, 6.45) is 2.14. The number of aromatic nitrogens is 2. The van der Waals surface area contributed by atoms with Crippen molar-refractivity contribution in [3.63, 3.8) is 0 Å². The van der Waals surface area contributed by atoms with Crippen LogP contribution in [0.4, 0.5) is 5.69 Å². The molecule has 1 atom stereocenters. The fraction of sp³-hybridized carbons (Fsp3) is 0.500. The number of hydrogen-bond acceptors (Lipinski definition) is 5. The highest BCUT2D eigenvalue weighted by molar-refractivity contribution is 5.46. The van der Waals surface area contributed by atoms with Gasteiger partial charge in [0.05, 0.1) is 12.6 Å². The number of rotatable bonds is 8. The van der Waals surface area contributed by atoms with Crippen molar-refractivity contribution in [1.82, 2.24) is 10.1 Å². The Morgan fingerprint density at radius 1 is 1.24 bits per heavy atom. The summed E-state index contributed by atoms with van der Waals surface area (Å²) < 4.78 is 5.22. The van der Waals surface area contributed by atoms with Crippen LogP contribution in [0.5, 0.6) is 0 Å². The minimum Gasteiger partial charge on any atom is -0.391 e. The Labute approximate surface area is 125 Å². The smallest absolute Gasteiger partial charge is 0.226 e. The maximum Gasteiger partial charge on any atom is 0.226 e. The average Bonchev–Trinajstić information content (AvgIpc) is 2.95. The first-order valence-corrected chi connectivity index (χ1v) is 7.52. The SMILES string of the molecule is CCCc1nc(CN(CC(O)CC)c2ccccc2)no1. The first-order valence-electron chi connectivity index (χ1n) is 7.52. The van der Waals surface area contributed by atoms with Gasteiger partial charge in [-0.2, -0.15) is 4.98 Å². The van der Waals surface area contributed by atoms with E-state index in [2.05, 4.69) is 22.0 Å². The van der Waals surface area contributed by atoms with E-state index in [0.29, 0.717) is 24.8 Å². The Balaban J connectivity index is 2.11. The van der Waals surface area contributed by atoms with Gasteiger partial charge in [-0.05, 0) is 25.0 Å². The predicted octanol–water partition coefficient (Wildman–Crippen LogP) is 2.80. The van der Waals surface area contributed by atoms with Gasteiger partial charge in [0.25, 0.3) is 0 Å². The molecule has 114 valence electrons. The molecule has 0 aliphatic heterocycles. The molecule has 0 aliphatic carbocycles. The normalized spacial score (nSPS) is 12.3. The minimum atomic E-state index is -0.368. The Bertz CT molecular complexity index is 527. The standard InChI is InChI=1S/C16H23N3O2/c1-3-8-16-17-15(18-21-16)12-19(11-14(20)4-2)13-9-6-5-7-10-13/h5-7,9-10,14,20H,3-4,8,11-12H2,1-2H3. The summed E-state index contributed by atoms with van der Waals surface area (Å²) in [5.74, 6) is 1.34. The minimum absolute atomic E-state index is 0.368. The molecule has 0 saturated carbocycles. The highest BCUT2D eigenvalue weighted by Gasteiger charge is 2.15. The molecule has 1 unspecified atom stereocenters. The lowest BCUT2D eigenvalue weighted by molar-refractivity contribution is 0.175. The van der Waals surface area contributed by atoms with Crippen molar-refractivity contribution in [1.29, 1.82) is 0 Å². The van der Waals surface area contributed by atoms with Crippen molar-refractivity contribution in [2.75, 3.05) is 11.4 Å². The van der Waals surface area contributed by atoms with Gasteiger partial charge in [-0.15, -0.1) is 0 Å². The van der Waals surface area contributed by atoms with E-state index in [-0.39, 0.29) is 6.10 Å². The van der Waals surface area contributed by atoms with E-state index in [0.717, 1.165) is 24.9 Å². The number of anilines is 1. The van der Waals surface area contributed by atoms with Crippen molar-refractivity contribution in [3.8, 4) is 0 Å². The van der Waals surface area contributed by atoms with Crippen LogP contribution in [0.1, 0.15) is 38.4 Å². The molecule has 5 heteroatoms. The molecule has 2 rings (SSSR count). The molecule has 21 heavy (non-hydrogen) atoms. The number of nitrogens with zero attached hydrogens (tertiary/aromatic N) is 3. The fourth-order valence-electron chi connectivity index (χ4n) is 2.12. The van der Waals surface area contributed by atoms with Gasteiger partial charge >= 0.3 is 0 Å². The van der Waals surface area contributed by atoms with Crippen molar-refractivity contribution in [2.45, 2.75) is 45.8 Å². The molecular formula is C16H23N3O2. The molecule has 0 bridgehead atoms. The summed E-state index contributed by atoms with van der Waals surface area (Å²) in [7, 11) is 0. The fourth-order valence-corrected chi connectivity index (χ4v) is 2.12. The maximum atomic E-state index is 9.95. The molecule has 0 spiro atoms. The molecule has 1 aromatic carbocycles. The lowest BCUT2D eigenvalue weighted by Crippen LogP contribution is -2.32. The van der Waals surface area contributed by atoms with Crippen LogP contribution >= 0.6 is 0 Å². The zero-order valence-corrected chi connectivity index (χ0v) is 12.7. The van der Waals surface area contributed by atoms with Crippen LogP contribution in [-0.2, 0) is 13.0 Å². The third-order valence-corrected chi connectivity index (χ3v) is 3.33. The molecular weight excluding hydrogens is 266 g/mol. The van der Waals surface area contributed by atoms with Gasteiger partial charge in [-0.25, -0.2) is 0 Å². The van der Waals surface area contributed by atoms with Crippen molar-refractivity contribution >= 4 is 5.69 Å². The molecule has 5 nitrogen and oxygen atoms in total. The number of hydrogen-bond donors (Lipinski definition) is 1. The Morgan fingerprint density at radius 3 is 2.67 bits per heavy atom. The van der Waals surface area contributed by atoms with E-state index in [1.165, 1.54) is 0 Å². The van der Waals surface area contributed by atoms with Gasteiger partial charge in [-0.1, -0.05) is 37.2 Å². The van der Waals surface area contributed by atoms with Crippen LogP contribution in [0.15, 0.2) is 34.9 Å². The average molecular weight is 289 g/mol. The number of aliphatic hydroxyl groups is 1. The second-order valence-electron chi connectivity index (χ2n) is 5.13. The lowest BCUT2D eigenvalue weighted by Gasteiger charge is -2.25. The topological polar surface area (TPSA) is 62.4 Å². The first kappa shape index (κ1) is 15.5. The summed E-state index contributed by atoms with van der Waals surface area (Å²) in [6.45, 7) is 5.14. The molecule has 0 aliphatic rings. The monoisotopic (exact) mass is 289 g/mol. The molecule has 1 aromatic heterocycles. The van der Waals surface area contributed by atoms with Crippen molar-refractivity contribution < 1.29 is 9.63 Å². The summed E-state index contributed by atoms with van der Waals surface area (Å²) in [6, 6.07) is 10.00. The maximum absolute atomic E-state index is 9.95. The summed E-state index contributed by atoms with van der Waals surface area (Å²) in [5, 5.41) is 14.0. The molecule has 1 heterocycles. The van der Waals surface area contributed by atoms with Gasteiger partial charge < -0.3 is 14.5 Å². The van der Waals surface area contributed by atoms with E-state index in [4.69, 9.17) is 4.52 Å². The van der Waals surface area contributed by atoms with Crippen LogP contribution in [0.2, 0.25) is 0 Å². The van der Waals surface area contributed by atoms with Gasteiger partial charge in [0.2, 0.25) is 5.89 Å². The zero-order valence-electron chi connectivity index (χ0n) is 12.7. The highest BCUT2D eigenvalue weighted by atomic mass is 16.5. The van der Waals surface area contributed by atoms with Gasteiger partial charge in [0, 0.05) is 18.7 Å². The Hall–Kier alpha value is -1.88. The van der Waals surface area contributed by atoms with Crippen LogP contribution < -0.4 is 4.90 Å². The largest absolute Gasteiger partial charge is 0.391 e. The lowest BCUT2D eigenvalue weighted by atomic mass is 10.2. The second-order valence-corrected chi connectivity index (χ2v) is 5.13. The van der Waals surface area contributed by atoms with E-state index in [9.17, 15) is 5.11 Å². The van der Waals surface area contributed by atoms with Crippen LogP contribution in [0.3, 0.4) is 0 Å². The number of benzene rings is 1. The van der Waals surface area contributed by atoms with Crippen molar-refractivity contribution in [2.24, 2.45) is 0 Å². The Kier molecular flexibility index (Phi) is 5.75. The number of para-hydroxylation sites is 1. The molecule has 0 saturated heterocycles. The zero-order chi connectivity index (χ0) is 15.1. The van der Waals surface area contributed by atoms with E-state index >= 15 is 0 Å². The molecule has 1 N–H and O–H groups in total. The van der Waals surface area contributed by atoms with E-state index in [1.807, 2.05) is 37.3 Å². The highest BCUT2D eigenvalue weighted by Crippen LogP contribution is 2.17.